The van der Waals surface area contributed by atoms with Crippen LogP contribution in [0.1, 0.15) is 27.2 Å². The van der Waals surface area contributed by atoms with E-state index in [9.17, 15) is 13.2 Å². The number of carbonyl (C=O) groups is 1. The predicted molar refractivity (Wildman–Crippen MR) is 84.2 cm³/mol. The van der Waals surface area contributed by atoms with Gasteiger partial charge in [-0.1, -0.05) is 17.7 Å². The SMILES string of the molecule is O=C(CS(=O)(=O)c1ccc2c(c1)CCC2)c1ccc(Cl)s1. The summed E-state index contributed by atoms with van der Waals surface area (Å²) in [5.74, 6) is -0.921. The molecule has 0 radical (unpaired) electrons. The number of fused-ring (bicyclic) bond motifs is 1. The number of ketones is 1. The molecular formula is C15H13ClO3S2. The van der Waals surface area contributed by atoms with Crippen molar-refractivity contribution in [3.8, 4) is 0 Å². The van der Waals surface area contributed by atoms with Crippen LogP contribution in [-0.4, -0.2) is 20.0 Å². The van der Waals surface area contributed by atoms with Crippen LogP contribution in [0, 0.1) is 0 Å². The summed E-state index contributed by atoms with van der Waals surface area (Å²) in [6.45, 7) is 0. The Bertz CT molecular complexity index is 806. The van der Waals surface area contributed by atoms with Crippen LogP contribution in [0.2, 0.25) is 4.34 Å². The number of carbonyl (C=O) groups excluding carboxylic acids is 1. The highest BCUT2D eigenvalue weighted by Gasteiger charge is 2.23. The third kappa shape index (κ3) is 3.05. The average Bonchev–Trinajstić information content (AvgIpc) is 3.05. The normalized spacial score (nSPS) is 14.1. The summed E-state index contributed by atoms with van der Waals surface area (Å²) in [4.78, 5) is 12.7. The second-order valence-corrected chi connectivity index (χ2v) is 8.77. The first kappa shape index (κ1) is 14.8. The van der Waals surface area contributed by atoms with Crippen molar-refractivity contribution in [3.63, 3.8) is 0 Å². The Morgan fingerprint density at radius 3 is 2.62 bits per heavy atom. The van der Waals surface area contributed by atoms with Crippen LogP contribution in [0.25, 0.3) is 0 Å². The lowest BCUT2D eigenvalue weighted by Gasteiger charge is -2.06. The van der Waals surface area contributed by atoms with E-state index < -0.39 is 21.4 Å². The molecule has 0 spiro atoms. The van der Waals surface area contributed by atoms with Crippen molar-refractivity contribution in [1.29, 1.82) is 0 Å². The van der Waals surface area contributed by atoms with Gasteiger partial charge in [-0.3, -0.25) is 4.79 Å². The van der Waals surface area contributed by atoms with Crippen LogP contribution < -0.4 is 0 Å². The molecular weight excluding hydrogens is 328 g/mol. The van der Waals surface area contributed by atoms with Gasteiger partial charge in [0.2, 0.25) is 0 Å². The molecule has 0 saturated heterocycles. The van der Waals surface area contributed by atoms with Gasteiger partial charge in [-0.25, -0.2) is 8.42 Å². The average molecular weight is 341 g/mol. The highest BCUT2D eigenvalue weighted by molar-refractivity contribution is 7.92. The molecule has 6 heteroatoms. The standard InChI is InChI=1S/C15H13ClO3S2/c16-15-7-6-14(20-15)13(17)9-21(18,19)12-5-4-10-2-1-3-11(10)8-12/h4-8H,1-3,9H2. The van der Waals surface area contributed by atoms with Gasteiger partial charge in [0, 0.05) is 0 Å². The summed E-state index contributed by atoms with van der Waals surface area (Å²) in [5.41, 5.74) is 2.30. The van der Waals surface area contributed by atoms with Crippen molar-refractivity contribution in [2.75, 3.05) is 5.75 Å². The Balaban J connectivity index is 1.85. The van der Waals surface area contributed by atoms with Gasteiger partial charge >= 0.3 is 0 Å². The van der Waals surface area contributed by atoms with Crippen LogP contribution >= 0.6 is 22.9 Å². The summed E-state index contributed by atoms with van der Waals surface area (Å²) in [6, 6.07) is 8.34. The molecule has 1 aromatic heterocycles. The van der Waals surface area contributed by atoms with Gasteiger partial charge in [-0.2, -0.15) is 0 Å². The summed E-state index contributed by atoms with van der Waals surface area (Å²) < 4.78 is 25.2. The number of hydrogen-bond acceptors (Lipinski definition) is 4. The lowest BCUT2D eigenvalue weighted by Crippen LogP contribution is -2.15. The van der Waals surface area contributed by atoms with Crippen LogP contribution in [0.5, 0.6) is 0 Å². The van der Waals surface area contributed by atoms with E-state index in [1.807, 2.05) is 6.07 Å². The number of halogens is 1. The fourth-order valence-corrected chi connectivity index (χ4v) is 4.87. The molecule has 21 heavy (non-hydrogen) atoms. The van der Waals surface area contributed by atoms with E-state index >= 15 is 0 Å². The maximum Gasteiger partial charge on any atom is 0.188 e. The largest absolute Gasteiger partial charge is 0.292 e. The van der Waals surface area contributed by atoms with E-state index in [1.54, 1.807) is 24.3 Å². The fourth-order valence-electron chi connectivity index (χ4n) is 2.53. The minimum absolute atomic E-state index is 0.235. The zero-order valence-corrected chi connectivity index (χ0v) is 13.5. The minimum atomic E-state index is -3.61. The number of sulfone groups is 1. The van der Waals surface area contributed by atoms with Crippen LogP contribution in [0.3, 0.4) is 0 Å². The quantitative estimate of drug-likeness (QED) is 0.800. The van der Waals surface area contributed by atoms with Crippen molar-refractivity contribution >= 4 is 38.6 Å². The van der Waals surface area contributed by atoms with E-state index in [4.69, 9.17) is 11.6 Å². The molecule has 1 heterocycles. The Morgan fingerprint density at radius 1 is 1.14 bits per heavy atom. The zero-order valence-electron chi connectivity index (χ0n) is 11.1. The molecule has 0 N–H and O–H groups in total. The Kier molecular flexibility index (Phi) is 3.90. The maximum atomic E-state index is 12.4. The maximum absolute atomic E-state index is 12.4. The molecule has 0 bridgehead atoms. The molecule has 110 valence electrons. The number of hydrogen-bond donors (Lipinski definition) is 0. The molecule has 3 rings (SSSR count). The molecule has 0 saturated carbocycles. The number of Topliss-reactive ketones (excluding diaryl/α,β-unsaturated/α-hetero) is 1. The molecule has 1 aliphatic carbocycles. The summed E-state index contributed by atoms with van der Waals surface area (Å²) in [6.07, 6.45) is 2.97. The van der Waals surface area contributed by atoms with Gasteiger partial charge in [-0.05, 0) is 54.7 Å². The van der Waals surface area contributed by atoms with E-state index in [2.05, 4.69) is 0 Å². The third-order valence-electron chi connectivity index (χ3n) is 3.60. The van der Waals surface area contributed by atoms with Crippen LogP contribution in [-0.2, 0) is 22.7 Å². The van der Waals surface area contributed by atoms with E-state index in [-0.39, 0.29) is 4.90 Å². The van der Waals surface area contributed by atoms with Crippen molar-refractivity contribution < 1.29 is 13.2 Å². The number of thiophene rings is 1. The second kappa shape index (κ2) is 5.55. The number of rotatable bonds is 4. The highest BCUT2D eigenvalue weighted by Crippen LogP contribution is 2.26. The molecule has 0 aliphatic heterocycles. The van der Waals surface area contributed by atoms with Gasteiger partial charge < -0.3 is 0 Å². The molecule has 0 amide bonds. The first-order valence-corrected chi connectivity index (χ1v) is 9.43. The second-order valence-electron chi connectivity index (χ2n) is 5.07. The number of aryl methyl sites for hydroxylation is 2. The van der Waals surface area contributed by atoms with Gasteiger partial charge in [0.1, 0.15) is 5.75 Å². The van der Waals surface area contributed by atoms with Crippen molar-refractivity contribution in [2.45, 2.75) is 24.2 Å². The van der Waals surface area contributed by atoms with Crippen molar-refractivity contribution in [1.82, 2.24) is 0 Å². The lowest BCUT2D eigenvalue weighted by atomic mass is 10.1. The Morgan fingerprint density at radius 2 is 1.90 bits per heavy atom. The molecule has 3 nitrogen and oxygen atoms in total. The van der Waals surface area contributed by atoms with Crippen molar-refractivity contribution in [2.24, 2.45) is 0 Å². The zero-order chi connectivity index (χ0) is 15.0. The molecule has 0 fully saturated rings. The molecule has 1 aliphatic rings. The van der Waals surface area contributed by atoms with Gasteiger partial charge in [0.15, 0.2) is 15.6 Å². The summed E-state index contributed by atoms with van der Waals surface area (Å²) in [5, 5.41) is 0. The minimum Gasteiger partial charge on any atom is -0.292 e. The van der Waals surface area contributed by atoms with Gasteiger partial charge in [0.25, 0.3) is 0 Å². The van der Waals surface area contributed by atoms with Crippen molar-refractivity contribution in [3.05, 3.63) is 50.7 Å². The van der Waals surface area contributed by atoms with E-state index in [0.29, 0.717) is 9.21 Å². The Labute approximate surface area is 132 Å². The summed E-state index contributed by atoms with van der Waals surface area (Å²) in [7, 11) is -3.61. The number of benzene rings is 1. The first-order valence-electron chi connectivity index (χ1n) is 6.59. The highest BCUT2D eigenvalue weighted by atomic mass is 35.5. The molecule has 0 atom stereocenters. The van der Waals surface area contributed by atoms with Gasteiger partial charge in [0.05, 0.1) is 14.1 Å². The third-order valence-corrected chi connectivity index (χ3v) is 6.48. The van der Waals surface area contributed by atoms with Gasteiger partial charge in [-0.15, -0.1) is 11.3 Å². The van der Waals surface area contributed by atoms with E-state index in [1.165, 1.54) is 5.56 Å². The van der Waals surface area contributed by atoms with Crippen LogP contribution in [0.15, 0.2) is 35.2 Å². The first-order chi connectivity index (χ1) is 9.95. The topological polar surface area (TPSA) is 51.2 Å². The smallest absolute Gasteiger partial charge is 0.188 e. The summed E-state index contributed by atoms with van der Waals surface area (Å²) >= 11 is 6.88. The predicted octanol–water partition coefficient (Wildman–Crippen LogP) is 3.55. The lowest BCUT2D eigenvalue weighted by molar-refractivity contribution is 0.102. The Hall–Kier alpha value is -1.17. The van der Waals surface area contributed by atoms with E-state index in [0.717, 1.165) is 36.2 Å². The fraction of sp³-hybridized carbons (Fsp3) is 0.267. The molecule has 2 aromatic rings. The molecule has 1 aromatic carbocycles. The van der Waals surface area contributed by atoms with Crippen LogP contribution in [0.4, 0.5) is 0 Å². The molecule has 0 unspecified atom stereocenters. The monoisotopic (exact) mass is 340 g/mol.